The molecule has 1 atom stereocenters. The van der Waals surface area contributed by atoms with E-state index in [0.717, 1.165) is 10.9 Å². The SMILES string of the molecule is CCOC(=O)C(c1ccccc1)n1cc(C(F)(F)F)cn1. The molecule has 0 bridgehead atoms. The van der Waals surface area contributed by atoms with Gasteiger partial charge >= 0.3 is 12.1 Å². The predicted octanol–water partition coefficient (Wildman–Crippen LogP) is 3.05. The minimum absolute atomic E-state index is 0.134. The molecule has 0 aliphatic carbocycles. The van der Waals surface area contributed by atoms with Gasteiger partial charge in [-0.1, -0.05) is 30.3 Å². The minimum atomic E-state index is -4.51. The fourth-order valence-electron chi connectivity index (χ4n) is 1.88. The summed E-state index contributed by atoms with van der Waals surface area (Å²) in [5, 5.41) is 3.66. The van der Waals surface area contributed by atoms with Crippen molar-refractivity contribution < 1.29 is 22.7 Å². The Bertz CT molecular complexity index is 608. The fraction of sp³-hybridized carbons (Fsp3) is 0.286. The molecular weight excluding hydrogens is 285 g/mol. The van der Waals surface area contributed by atoms with Crippen LogP contribution in [0.15, 0.2) is 42.7 Å². The normalized spacial score (nSPS) is 13.0. The van der Waals surface area contributed by atoms with Gasteiger partial charge in [0.05, 0.1) is 18.4 Å². The first-order chi connectivity index (χ1) is 9.93. The van der Waals surface area contributed by atoms with Crippen molar-refractivity contribution >= 4 is 5.97 Å². The third kappa shape index (κ3) is 3.42. The van der Waals surface area contributed by atoms with Crippen LogP contribution in [0.25, 0.3) is 0 Å². The topological polar surface area (TPSA) is 44.1 Å². The van der Waals surface area contributed by atoms with Crippen LogP contribution in [0, 0.1) is 0 Å². The third-order valence-corrected chi connectivity index (χ3v) is 2.82. The van der Waals surface area contributed by atoms with Crippen molar-refractivity contribution in [3.63, 3.8) is 0 Å². The van der Waals surface area contributed by atoms with E-state index in [0.29, 0.717) is 11.8 Å². The Kier molecular flexibility index (Phi) is 4.30. The van der Waals surface area contributed by atoms with Crippen LogP contribution in [0.5, 0.6) is 0 Å². The van der Waals surface area contributed by atoms with Gasteiger partial charge in [0.15, 0.2) is 6.04 Å². The molecule has 0 amide bonds. The van der Waals surface area contributed by atoms with E-state index in [4.69, 9.17) is 4.74 Å². The first-order valence-electron chi connectivity index (χ1n) is 6.26. The molecule has 0 aliphatic heterocycles. The summed E-state index contributed by atoms with van der Waals surface area (Å²) < 4.78 is 43.8. The number of carbonyl (C=O) groups is 1. The molecule has 1 heterocycles. The number of carbonyl (C=O) groups excluding carboxylic acids is 1. The molecular formula is C14H13F3N2O2. The maximum atomic E-state index is 12.6. The zero-order valence-electron chi connectivity index (χ0n) is 11.2. The van der Waals surface area contributed by atoms with E-state index in [1.54, 1.807) is 37.3 Å². The van der Waals surface area contributed by atoms with Gasteiger partial charge in [0.1, 0.15) is 0 Å². The van der Waals surface area contributed by atoms with Gasteiger partial charge in [-0.2, -0.15) is 18.3 Å². The molecule has 2 aromatic rings. The average molecular weight is 298 g/mol. The Morgan fingerprint density at radius 2 is 2.00 bits per heavy atom. The van der Waals surface area contributed by atoms with E-state index in [1.165, 1.54) is 0 Å². The van der Waals surface area contributed by atoms with Gasteiger partial charge < -0.3 is 4.74 Å². The molecule has 0 radical (unpaired) electrons. The maximum Gasteiger partial charge on any atom is 0.419 e. The number of aromatic nitrogens is 2. The lowest BCUT2D eigenvalue weighted by Gasteiger charge is -2.16. The quantitative estimate of drug-likeness (QED) is 0.815. The highest BCUT2D eigenvalue weighted by Crippen LogP contribution is 2.30. The van der Waals surface area contributed by atoms with Gasteiger partial charge in [-0.15, -0.1) is 0 Å². The molecule has 7 heteroatoms. The molecule has 1 unspecified atom stereocenters. The zero-order chi connectivity index (χ0) is 15.5. The van der Waals surface area contributed by atoms with Gasteiger partial charge in [0.25, 0.3) is 0 Å². The summed E-state index contributed by atoms with van der Waals surface area (Å²) >= 11 is 0. The lowest BCUT2D eigenvalue weighted by atomic mass is 10.1. The Morgan fingerprint density at radius 3 is 2.52 bits per heavy atom. The van der Waals surface area contributed by atoms with Crippen molar-refractivity contribution in [2.45, 2.75) is 19.1 Å². The number of ether oxygens (including phenoxy) is 1. The van der Waals surface area contributed by atoms with Crippen LogP contribution < -0.4 is 0 Å². The average Bonchev–Trinajstić information content (AvgIpc) is 2.90. The van der Waals surface area contributed by atoms with Crippen LogP contribution in [0.1, 0.15) is 24.1 Å². The van der Waals surface area contributed by atoms with E-state index >= 15 is 0 Å². The van der Waals surface area contributed by atoms with Crippen LogP contribution in [-0.4, -0.2) is 22.4 Å². The van der Waals surface area contributed by atoms with Crippen LogP contribution in [-0.2, 0) is 15.7 Å². The van der Waals surface area contributed by atoms with E-state index in [2.05, 4.69) is 5.10 Å². The molecule has 0 aliphatic rings. The molecule has 1 aromatic carbocycles. The highest BCUT2D eigenvalue weighted by atomic mass is 19.4. The summed E-state index contributed by atoms with van der Waals surface area (Å²) in [6.45, 7) is 1.76. The second kappa shape index (κ2) is 5.99. The van der Waals surface area contributed by atoms with Gasteiger partial charge in [-0.25, -0.2) is 4.79 Å². The number of hydrogen-bond donors (Lipinski definition) is 0. The summed E-state index contributed by atoms with van der Waals surface area (Å²) in [5.74, 6) is -0.652. The highest BCUT2D eigenvalue weighted by molar-refractivity contribution is 5.78. The van der Waals surface area contributed by atoms with E-state index in [-0.39, 0.29) is 6.61 Å². The monoisotopic (exact) mass is 298 g/mol. The van der Waals surface area contributed by atoms with Crippen molar-refractivity contribution in [3.8, 4) is 0 Å². The summed E-state index contributed by atoms with van der Waals surface area (Å²) in [6, 6.07) is 7.36. The Labute approximate surface area is 119 Å². The molecule has 0 fully saturated rings. The summed E-state index contributed by atoms with van der Waals surface area (Å²) in [4.78, 5) is 12.0. The number of halogens is 3. The summed E-state index contributed by atoms with van der Waals surface area (Å²) in [7, 11) is 0. The number of alkyl halides is 3. The van der Waals surface area contributed by atoms with Crippen LogP contribution in [0.3, 0.4) is 0 Å². The molecule has 1 aromatic heterocycles. The van der Waals surface area contributed by atoms with Gasteiger partial charge in [-0.3, -0.25) is 4.68 Å². The van der Waals surface area contributed by atoms with E-state index in [9.17, 15) is 18.0 Å². The number of hydrogen-bond acceptors (Lipinski definition) is 3. The molecule has 4 nitrogen and oxygen atoms in total. The number of esters is 1. The smallest absolute Gasteiger partial charge is 0.419 e. The molecule has 21 heavy (non-hydrogen) atoms. The van der Waals surface area contributed by atoms with Gasteiger partial charge in [0.2, 0.25) is 0 Å². The van der Waals surface area contributed by atoms with Crippen LogP contribution in [0.4, 0.5) is 13.2 Å². The van der Waals surface area contributed by atoms with Crippen molar-refractivity contribution in [2.24, 2.45) is 0 Å². The second-order valence-corrected chi connectivity index (χ2v) is 4.27. The van der Waals surface area contributed by atoms with Crippen molar-refractivity contribution in [1.29, 1.82) is 0 Å². The largest absolute Gasteiger partial charge is 0.464 e. The van der Waals surface area contributed by atoms with Crippen molar-refractivity contribution in [2.75, 3.05) is 6.61 Å². The molecule has 2 rings (SSSR count). The molecule has 0 spiro atoms. The fourth-order valence-corrected chi connectivity index (χ4v) is 1.88. The number of rotatable bonds is 4. The Balaban J connectivity index is 2.41. The summed E-state index contributed by atoms with van der Waals surface area (Å²) in [6.07, 6.45) is -3.02. The standard InChI is InChI=1S/C14H13F3N2O2/c1-2-21-13(20)12(10-6-4-3-5-7-10)19-9-11(8-18-19)14(15,16)17/h3-9,12H,2H2,1H3. The molecule has 0 saturated heterocycles. The van der Waals surface area contributed by atoms with E-state index < -0.39 is 23.8 Å². The zero-order valence-corrected chi connectivity index (χ0v) is 11.2. The van der Waals surface area contributed by atoms with Crippen LogP contribution >= 0.6 is 0 Å². The Hall–Kier alpha value is -2.31. The lowest BCUT2D eigenvalue weighted by Crippen LogP contribution is -2.23. The first kappa shape index (κ1) is 15.1. The highest BCUT2D eigenvalue weighted by Gasteiger charge is 2.34. The van der Waals surface area contributed by atoms with Gasteiger partial charge in [0, 0.05) is 6.20 Å². The first-order valence-corrected chi connectivity index (χ1v) is 6.26. The van der Waals surface area contributed by atoms with E-state index in [1.807, 2.05) is 0 Å². The lowest BCUT2D eigenvalue weighted by molar-refractivity contribution is -0.146. The van der Waals surface area contributed by atoms with Gasteiger partial charge in [-0.05, 0) is 12.5 Å². The van der Waals surface area contributed by atoms with Crippen molar-refractivity contribution in [3.05, 3.63) is 53.9 Å². The molecule has 0 N–H and O–H groups in total. The third-order valence-electron chi connectivity index (χ3n) is 2.82. The maximum absolute atomic E-state index is 12.6. The minimum Gasteiger partial charge on any atom is -0.464 e. The molecule has 0 saturated carbocycles. The van der Waals surface area contributed by atoms with Crippen molar-refractivity contribution in [1.82, 2.24) is 9.78 Å². The second-order valence-electron chi connectivity index (χ2n) is 4.27. The number of benzene rings is 1. The predicted molar refractivity (Wildman–Crippen MR) is 68.4 cm³/mol. The summed E-state index contributed by atoms with van der Waals surface area (Å²) in [5.41, 5.74) is -0.402. The van der Waals surface area contributed by atoms with Crippen LogP contribution in [0.2, 0.25) is 0 Å². The Morgan fingerprint density at radius 1 is 1.33 bits per heavy atom. The molecule has 112 valence electrons. The number of nitrogens with zero attached hydrogens (tertiary/aromatic N) is 2.